The number of carbonyl (C=O) groups is 2. The molecule has 4 aromatic rings. The Hall–Kier alpha value is -4.76. The Morgan fingerprint density at radius 3 is 2.03 bits per heavy atom. The van der Waals surface area contributed by atoms with E-state index in [1.165, 1.54) is 12.7 Å². The molecule has 0 radical (unpaired) electrons. The quantitative estimate of drug-likeness (QED) is 0.225. The van der Waals surface area contributed by atoms with Gasteiger partial charge in [0.1, 0.15) is 0 Å². The van der Waals surface area contributed by atoms with Crippen molar-refractivity contribution < 1.29 is 19.1 Å². The summed E-state index contributed by atoms with van der Waals surface area (Å²) in [5.41, 5.74) is 10.6. The van der Waals surface area contributed by atoms with Crippen molar-refractivity contribution in [2.75, 3.05) is 24.7 Å². The topological polar surface area (TPSA) is 232 Å². The van der Waals surface area contributed by atoms with E-state index in [1.807, 2.05) is 0 Å². The Morgan fingerprint density at radius 2 is 1.42 bits per heavy atom. The van der Waals surface area contributed by atoms with Gasteiger partial charge in [0.15, 0.2) is 22.3 Å². The lowest BCUT2D eigenvalue weighted by Gasteiger charge is -2.10. The molecule has 6 N–H and O–H groups in total. The summed E-state index contributed by atoms with van der Waals surface area (Å²) in [7, 11) is 0. The number of anilines is 2. The number of rotatable bonds is 4. The highest BCUT2D eigenvalue weighted by Gasteiger charge is 2.66. The van der Waals surface area contributed by atoms with Gasteiger partial charge >= 0.3 is 11.9 Å². The van der Waals surface area contributed by atoms with Crippen LogP contribution in [-0.4, -0.2) is 64.2 Å². The third-order valence-corrected chi connectivity index (χ3v) is 8.01. The first-order valence-electron chi connectivity index (χ1n) is 12.0. The first-order valence-corrected chi connectivity index (χ1v) is 12.0. The zero-order chi connectivity index (χ0) is 26.4. The number of nitrogens with zero attached hydrogens (tertiary/aromatic N) is 6. The second-order valence-electron chi connectivity index (χ2n) is 10.3. The van der Waals surface area contributed by atoms with Gasteiger partial charge in [-0.2, -0.15) is 9.97 Å². The van der Waals surface area contributed by atoms with Crippen LogP contribution in [0.25, 0.3) is 22.3 Å². The largest absolute Gasteiger partial charge is 0.465 e. The highest BCUT2D eigenvalue weighted by molar-refractivity contribution is 5.84. The fourth-order valence-corrected chi connectivity index (χ4v) is 5.67. The number of fused-ring (bicyclic) bond motifs is 4. The molecule has 196 valence electrons. The number of hydrogen-bond acceptors (Lipinski definition) is 12. The Bertz CT molecular complexity index is 1790. The number of nitrogens with one attached hydrogen (secondary N) is 2. The molecule has 0 aromatic carbocycles. The summed E-state index contributed by atoms with van der Waals surface area (Å²) in [4.78, 5) is 68.0. The molecule has 0 unspecified atom stereocenters. The van der Waals surface area contributed by atoms with Crippen molar-refractivity contribution in [3.05, 3.63) is 33.4 Å². The molecule has 4 aromatic heterocycles. The molecule has 4 atom stereocenters. The zero-order valence-corrected chi connectivity index (χ0v) is 19.8. The second-order valence-corrected chi connectivity index (χ2v) is 10.3. The van der Waals surface area contributed by atoms with E-state index < -0.39 is 10.8 Å². The predicted octanol–water partition coefficient (Wildman–Crippen LogP) is -1.47. The molecule has 0 amide bonds. The summed E-state index contributed by atoms with van der Waals surface area (Å²) in [6.45, 7) is 1.80. The van der Waals surface area contributed by atoms with Gasteiger partial charge < -0.3 is 30.1 Å². The van der Waals surface area contributed by atoms with Crippen molar-refractivity contribution in [2.45, 2.75) is 25.9 Å². The molecule has 16 heteroatoms. The molecule has 6 heterocycles. The fraction of sp³-hybridized carbons (Fsp3) is 0.455. The fourth-order valence-electron chi connectivity index (χ4n) is 5.67. The lowest BCUT2D eigenvalue weighted by molar-refractivity contribution is -0.146. The van der Waals surface area contributed by atoms with Crippen LogP contribution >= 0.6 is 0 Å². The van der Waals surface area contributed by atoms with E-state index in [0.717, 1.165) is 12.8 Å². The number of imidazole rings is 2. The van der Waals surface area contributed by atoms with Gasteiger partial charge in [-0.1, -0.05) is 0 Å². The number of esters is 2. The van der Waals surface area contributed by atoms with Gasteiger partial charge in [-0.25, -0.2) is 9.97 Å². The van der Waals surface area contributed by atoms with Gasteiger partial charge in [-0.15, -0.1) is 0 Å². The van der Waals surface area contributed by atoms with E-state index in [2.05, 4.69) is 29.9 Å². The van der Waals surface area contributed by atoms with Crippen LogP contribution < -0.4 is 22.6 Å². The second kappa shape index (κ2) is 7.39. The minimum atomic E-state index is -0.471. The normalized spacial score (nSPS) is 28.4. The van der Waals surface area contributed by atoms with Crippen molar-refractivity contribution in [3.63, 3.8) is 0 Å². The molecule has 38 heavy (non-hydrogen) atoms. The van der Waals surface area contributed by atoms with E-state index >= 15 is 0 Å². The number of H-pyrrole nitrogens is 2. The van der Waals surface area contributed by atoms with Crippen LogP contribution in [0.3, 0.4) is 0 Å². The number of hydrogen-bond donors (Lipinski definition) is 4. The maximum absolute atomic E-state index is 11.9. The molecule has 2 saturated carbocycles. The molecule has 0 spiro atoms. The van der Waals surface area contributed by atoms with E-state index in [1.54, 1.807) is 9.13 Å². The molecule has 0 bridgehead atoms. The van der Waals surface area contributed by atoms with Crippen LogP contribution in [0.15, 0.2) is 22.2 Å². The first kappa shape index (κ1) is 22.4. The van der Waals surface area contributed by atoms with Crippen LogP contribution in [0, 0.1) is 22.7 Å². The number of nitrogens with two attached hydrogens (primary N) is 2. The van der Waals surface area contributed by atoms with Gasteiger partial charge in [0.2, 0.25) is 11.9 Å². The molecule has 4 fully saturated rings. The van der Waals surface area contributed by atoms with Crippen molar-refractivity contribution >= 4 is 46.2 Å². The Labute approximate surface area is 211 Å². The van der Waals surface area contributed by atoms with Crippen molar-refractivity contribution in [2.24, 2.45) is 22.7 Å². The Balaban J connectivity index is 0.000000127. The lowest BCUT2D eigenvalue weighted by Crippen LogP contribution is -2.22. The van der Waals surface area contributed by atoms with Crippen molar-refractivity contribution in [3.8, 4) is 0 Å². The van der Waals surface area contributed by atoms with Gasteiger partial charge in [-0.05, 0) is 12.8 Å². The molecule has 2 aliphatic carbocycles. The summed E-state index contributed by atoms with van der Waals surface area (Å²) < 4.78 is 13.4. The number of ether oxygens (including phenoxy) is 2. The van der Waals surface area contributed by atoms with Crippen LogP contribution in [0.4, 0.5) is 11.9 Å². The van der Waals surface area contributed by atoms with E-state index in [0.29, 0.717) is 43.1 Å². The van der Waals surface area contributed by atoms with Gasteiger partial charge in [-0.3, -0.25) is 29.1 Å². The van der Waals surface area contributed by atoms with Crippen LogP contribution in [0.1, 0.15) is 12.8 Å². The number of aromatic nitrogens is 8. The van der Waals surface area contributed by atoms with Crippen LogP contribution in [0.5, 0.6) is 0 Å². The SMILES string of the molecule is Nc1nc2c(ncn2C[C@]23C[C@H]2COC3=O)c(=O)[nH]1.Nc1nc2ncn(C[C@]34C[C@H]3COC4=O)c2c(=O)[nH]1. The third-order valence-electron chi connectivity index (χ3n) is 8.01. The minimum Gasteiger partial charge on any atom is -0.465 e. The van der Waals surface area contributed by atoms with Gasteiger partial charge in [0.05, 0.1) is 36.7 Å². The maximum atomic E-state index is 11.9. The number of carbonyl (C=O) groups excluding carboxylic acids is 2. The van der Waals surface area contributed by atoms with Gasteiger partial charge in [0.25, 0.3) is 11.1 Å². The lowest BCUT2D eigenvalue weighted by atomic mass is 10.1. The average Bonchev–Trinajstić information content (AvgIpc) is 3.50. The third kappa shape index (κ3) is 3.15. The van der Waals surface area contributed by atoms with Gasteiger partial charge in [0, 0.05) is 24.9 Å². The van der Waals surface area contributed by atoms with Crippen LogP contribution in [0.2, 0.25) is 0 Å². The van der Waals surface area contributed by atoms with Crippen molar-refractivity contribution in [1.82, 2.24) is 39.0 Å². The smallest absolute Gasteiger partial charge is 0.314 e. The molecule has 4 aliphatic rings. The van der Waals surface area contributed by atoms with Crippen molar-refractivity contribution in [1.29, 1.82) is 0 Å². The summed E-state index contributed by atoms with van der Waals surface area (Å²) in [6, 6.07) is 0. The Kier molecular flexibility index (Phi) is 4.37. The summed E-state index contributed by atoms with van der Waals surface area (Å²) >= 11 is 0. The monoisotopic (exact) mass is 522 g/mol. The minimum absolute atomic E-state index is 0.0329. The van der Waals surface area contributed by atoms with E-state index in [9.17, 15) is 19.2 Å². The summed E-state index contributed by atoms with van der Waals surface area (Å²) in [5, 5.41) is 0. The summed E-state index contributed by atoms with van der Waals surface area (Å²) in [5.74, 6) is 0.259. The Morgan fingerprint density at radius 1 is 0.842 bits per heavy atom. The first-order chi connectivity index (χ1) is 18.2. The standard InChI is InChI=1S/2C11H11N5O3/c12-10-14-7-6(8(17)15-10)16(4-13-7)3-11-1-5(11)2-19-9(11)18;12-10-14-7-6(8(17)15-10)13-4-16(7)3-11-1-5(11)2-19-9(11)18/h2*4-5H,1-3H2,(H3,12,14,15,17)/t2*5-,11+/m00/s1. The number of cyclic esters (lactones) is 2. The van der Waals surface area contributed by atoms with E-state index in [-0.39, 0.29) is 52.3 Å². The molecule has 16 nitrogen and oxygen atoms in total. The zero-order valence-electron chi connectivity index (χ0n) is 19.8. The molecule has 2 aliphatic heterocycles. The average molecular weight is 522 g/mol. The number of nitrogen functional groups attached to an aromatic ring is 2. The molecule has 8 rings (SSSR count). The van der Waals surface area contributed by atoms with E-state index in [4.69, 9.17) is 20.9 Å². The maximum Gasteiger partial charge on any atom is 0.314 e. The molecule has 2 saturated heterocycles. The molecular formula is C22H22N10O6. The summed E-state index contributed by atoms with van der Waals surface area (Å²) in [6.07, 6.45) is 4.67. The highest BCUT2D eigenvalue weighted by Crippen LogP contribution is 2.59. The predicted molar refractivity (Wildman–Crippen MR) is 128 cm³/mol. The van der Waals surface area contributed by atoms with Crippen LogP contribution in [-0.2, 0) is 32.2 Å². The molecular weight excluding hydrogens is 500 g/mol. The number of aromatic amines is 2. The highest BCUT2D eigenvalue weighted by atomic mass is 16.5.